The molecule has 0 aromatic rings. The van der Waals surface area contributed by atoms with Crippen molar-refractivity contribution in [2.75, 3.05) is 6.61 Å². The number of hydrogen-bond acceptors (Lipinski definition) is 3. The Labute approximate surface area is 262 Å². The molecule has 0 bridgehead atoms. The molecule has 2 atom stereocenters. The second-order valence-corrected chi connectivity index (χ2v) is 12.6. The molecule has 0 heterocycles. The van der Waals surface area contributed by atoms with Crippen LogP contribution in [-0.2, 0) is 4.79 Å². The second-order valence-electron chi connectivity index (χ2n) is 12.6. The molecule has 0 aliphatic carbocycles. The first-order chi connectivity index (χ1) is 20.7. The number of rotatable bonds is 33. The summed E-state index contributed by atoms with van der Waals surface area (Å²) in [5.74, 6) is -0.0747. The van der Waals surface area contributed by atoms with Crippen molar-refractivity contribution in [3.8, 4) is 0 Å². The van der Waals surface area contributed by atoms with E-state index in [1.54, 1.807) is 6.08 Å². The fourth-order valence-corrected chi connectivity index (χ4v) is 5.55. The van der Waals surface area contributed by atoms with Crippen molar-refractivity contribution < 1.29 is 15.0 Å². The van der Waals surface area contributed by atoms with E-state index in [1.807, 2.05) is 6.08 Å². The van der Waals surface area contributed by atoms with Crippen LogP contribution in [0.2, 0.25) is 0 Å². The monoisotopic (exact) mass is 592 g/mol. The molecule has 0 spiro atoms. The van der Waals surface area contributed by atoms with Gasteiger partial charge in [-0.3, -0.25) is 4.79 Å². The Bertz CT molecular complexity index is 603. The number of carbonyl (C=O) groups excluding carboxylic acids is 1. The lowest BCUT2D eigenvalue weighted by molar-refractivity contribution is -0.123. The summed E-state index contributed by atoms with van der Waals surface area (Å²) in [6.45, 7) is 4.25. The lowest BCUT2D eigenvalue weighted by Gasteiger charge is -2.19. The van der Waals surface area contributed by atoms with Crippen LogP contribution in [0.5, 0.6) is 0 Å². The topological polar surface area (TPSA) is 69.6 Å². The molecule has 3 N–H and O–H groups in total. The summed E-state index contributed by atoms with van der Waals surface area (Å²) in [4.78, 5) is 12.3. The second kappa shape index (κ2) is 34.4. The van der Waals surface area contributed by atoms with Crippen molar-refractivity contribution in [3.05, 3.63) is 24.3 Å². The molecule has 0 unspecified atom stereocenters. The van der Waals surface area contributed by atoms with Crippen LogP contribution in [0.4, 0.5) is 0 Å². The number of amides is 1. The predicted octanol–water partition coefficient (Wildman–Crippen LogP) is 10.9. The Kier molecular flexibility index (Phi) is 33.4. The number of unbranched alkanes of at least 4 members (excludes halogenated alkanes) is 24. The van der Waals surface area contributed by atoms with Crippen LogP contribution in [-0.4, -0.2) is 34.9 Å². The summed E-state index contributed by atoms with van der Waals surface area (Å²) >= 11 is 0. The van der Waals surface area contributed by atoms with Gasteiger partial charge in [0.25, 0.3) is 0 Å². The molecule has 0 radical (unpaired) electrons. The maximum absolute atomic E-state index is 12.3. The van der Waals surface area contributed by atoms with E-state index in [1.165, 1.54) is 141 Å². The maximum Gasteiger partial charge on any atom is 0.220 e. The average Bonchev–Trinajstić information content (AvgIpc) is 2.99. The molecule has 0 saturated carbocycles. The Balaban J connectivity index is 3.52. The Morgan fingerprint density at radius 3 is 1.38 bits per heavy atom. The predicted molar refractivity (Wildman–Crippen MR) is 184 cm³/mol. The molecule has 0 rings (SSSR count). The van der Waals surface area contributed by atoms with E-state index in [2.05, 4.69) is 31.3 Å². The van der Waals surface area contributed by atoms with E-state index in [9.17, 15) is 15.0 Å². The van der Waals surface area contributed by atoms with Crippen LogP contribution < -0.4 is 5.32 Å². The quantitative estimate of drug-likeness (QED) is 0.0525. The van der Waals surface area contributed by atoms with Crippen LogP contribution >= 0.6 is 0 Å². The van der Waals surface area contributed by atoms with Crippen LogP contribution in [0.25, 0.3) is 0 Å². The maximum atomic E-state index is 12.3. The molecular formula is C38H73NO3. The summed E-state index contributed by atoms with van der Waals surface area (Å²) in [5.41, 5.74) is 0. The fourth-order valence-electron chi connectivity index (χ4n) is 5.55. The van der Waals surface area contributed by atoms with Gasteiger partial charge in [-0.1, -0.05) is 179 Å². The molecule has 0 aliphatic rings. The van der Waals surface area contributed by atoms with E-state index in [0.29, 0.717) is 6.42 Å². The molecule has 4 heteroatoms. The van der Waals surface area contributed by atoms with Crippen molar-refractivity contribution in [3.63, 3.8) is 0 Å². The van der Waals surface area contributed by atoms with E-state index in [-0.39, 0.29) is 12.5 Å². The summed E-state index contributed by atoms with van der Waals surface area (Å²) < 4.78 is 0. The van der Waals surface area contributed by atoms with Crippen molar-refractivity contribution >= 4 is 5.91 Å². The number of hydrogen-bond donors (Lipinski definition) is 3. The molecule has 4 nitrogen and oxygen atoms in total. The third-order valence-electron chi connectivity index (χ3n) is 8.44. The summed E-state index contributed by atoms with van der Waals surface area (Å²) in [6, 6.07) is -0.631. The number of carbonyl (C=O) groups is 1. The van der Waals surface area contributed by atoms with Gasteiger partial charge < -0.3 is 15.5 Å². The number of nitrogens with one attached hydrogen (secondary N) is 1. The molecule has 0 aromatic heterocycles. The molecule has 0 aromatic carbocycles. The van der Waals surface area contributed by atoms with Gasteiger partial charge in [-0.25, -0.2) is 0 Å². The highest BCUT2D eigenvalue weighted by Crippen LogP contribution is 2.15. The molecule has 248 valence electrons. The van der Waals surface area contributed by atoms with E-state index < -0.39 is 12.1 Å². The van der Waals surface area contributed by atoms with E-state index in [4.69, 9.17) is 0 Å². The van der Waals surface area contributed by atoms with Gasteiger partial charge in [-0.05, 0) is 32.1 Å². The third-order valence-corrected chi connectivity index (χ3v) is 8.44. The van der Waals surface area contributed by atoms with Gasteiger partial charge in [0.05, 0.1) is 18.8 Å². The highest BCUT2D eigenvalue weighted by atomic mass is 16.3. The minimum absolute atomic E-state index is 0.0747. The summed E-state index contributed by atoms with van der Waals surface area (Å²) in [6.07, 6.45) is 42.8. The van der Waals surface area contributed by atoms with Crippen LogP contribution in [0, 0.1) is 0 Å². The first-order valence-corrected chi connectivity index (χ1v) is 18.6. The van der Waals surface area contributed by atoms with E-state index in [0.717, 1.165) is 32.1 Å². The van der Waals surface area contributed by atoms with Gasteiger partial charge >= 0.3 is 0 Å². The molecular weight excluding hydrogens is 518 g/mol. The Morgan fingerprint density at radius 1 is 0.548 bits per heavy atom. The molecule has 42 heavy (non-hydrogen) atoms. The molecule has 0 fully saturated rings. The molecule has 0 aliphatic heterocycles. The molecule has 1 amide bonds. The van der Waals surface area contributed by atoms with Crippen LogP contribution in [0.3, 0.4) is 0 Å². The lowest BCUT2D eigenvalue weighted by atomic mass is 10.0. The Hall–Kier alpha value is -1.13. The van der Waals surface area contributed by atoms with Gasteiger partial charge in [0.2, 0.25) is 5.91 Å². The van der Waals surface area contributed by atoms with Crippen molar-refractivity contribution in [2.45, 2.75) is 206 Å². The SMILES string of the molecule is CCCCC/C=C/CC/C=C/[C@@H](O)[C@H](CO)NC(=O)CCCCCCCCCCCCCCCCCCCCCCC. The van der Waals surface area contributed by atoms with Gasteiger partial charge in [0.15, 0.2) is 0 Å². The van der Waals surface area contributed by atoms with Crippen molar-refractivity contribution in [2.24, 2.45) is 0 Å². The zero-order valence-electron chi connectivity index (χ0n) is 28.3. The zero-order chi connectivity index (χ0) is 30.8. The van der Waals surface area contributed by atoms with Crippen LogP contribution in [0.15, 0.2) is 24.3 Å². The van der Waals surface area contributed by atoms with Crippen LogP contribution in [0.1, 0.15) is 194 Å². The van der Waals surface area contributed by atoms with Gasteiger partial charge in [0.1, 0.15) is 0 Å². The third kappa shape index (κ3) is 30.3. The van der Waals surface area contributed by atoms with Gasteiger partial charge in [-0.15, -0.1) is 0 Å². The summed E-state index contributed by atoms with van der Waals surface area (Å²) in [7, 11) is 0. The molecule has 0 saturated heterocycles. The van der Waals surface area contributed by atoms with Crippen molar-refractivity contribution in [1.82, 2.24) is 5.32 Å². The van der Waals surface area contributed by atoms with E-state index >= 15 is 0 Å². The Morgan fingerprint density at radius 2 is 0.929 bits per heavy atom. The standard InChI is InChI=1S/C38H73NO3/c1-3-5-7-9-11-13-14-15-16-17-18-19-20-21-22-23-24-26-28-30-32-34-38(42)39-36(35-40)37(41)33-31-29-27-25-12-10-8-6-4-2/h12,25,31,33,36-37,40-41H,3-11,13-24,26-30,32,34-35H2,1-2H3,(H,39,42)/b25-12+,33-31+/t36-,37+/m0/s1. The van der Waals surface area contributed by atoms with Gasteiger partial charge in [0, 0.05) is 6.42 Å². The average molecular weight is 592 g/mol. The van der Waals surface area contributed by atoms with Crippen molar-refractivity contribution in [1.29, 1.82) is 0 Å². The van der Waals surface area contributed by atoms with Gasteiger partial charge in [-0.2, -0.15) is 0 Å². The highest BCUT2D eigenvalue weighted by molar-refractivity contribution is 5.76. The number of allylic oxidation sites excluding steroid dienone is 3. The number of aliphatic hydroxyl groups is 2. The minimum atomic E-state index is -0.854. The fraction of sp³-hybridized carbons (Fsp3) is 0.868. The smallest absolute Gasteiger partial charge is 0.220 e. The largest absolute Gasteiger partial charge is 0.394 e. The highest BCUT2D eigenvalue weighted by Gasteiger charge is 2.17. The minimum Gasteiger partial charge on any atom is -0.394 e. The normalized spacial score (nSPS) is 13.3. The summed E-state index contributed by atoms with van der Waals surface area (Å²) in [5, 5.41) is 22.7. The lowest BCUT2D eigenvalue weighted by Crippen LogP contribution is -2.45. The zero-order valence-corrected chi connectivity index (χ0v) is 28.3. The first kappa shape index (κ1) is 40.9. The first-order valence-electron chi connectivity index (χ1n) is 18.6. The number of aliphatic hydroxyl groups excluding tert-OH is 2.